The quantitative estimate of drug-likeness (QED) is 0.652. The number of nitrogens with zero attached hydrogens (tertiary/aromatic N) is 1. The smallest absolute Gasteiger partial charge is 0.315 e. The molecule has 1 aromatic rings. The van der Waals surface area contributed by atoms with Crippen molar-refractivity contribution in [2.75, 3.05) is 6.54 Å². The predicted octanol–water partition coefficient (Wildman–Crippen LogP) is 2.22. The van der Waals surface area contributed by atoms with Gasteiger partial charge in [0, 0.05) is 24.0 Å². The average Bonchev–Trinajstić information content (AvgIpc) is 2.93. The number of carbonyl (C=O) groups is 2. The molecule has 0 spiro atoms. The van der Waals surface area contributed by atoms with Gasteiger partial charge in [0.15, 0.2) is 0 Å². The summed E-state index contributed by atoms with van der Waals surface area (Å²) < 4.78 is 0. The van der Waals surface area contributed by atoms with Gasteiger partial charge in [-0.05, 0) is 18.8 Å². The van der Waals surface area contributed by atoms with Crippen molar-refractivity contribution < 1.29 is 14.7 Å². The summed E-state index contributed by atoms with van der Waals surface area (Å²) in [7, 11) is 0. The monoisotopic (exact) mass is 299 g/mol. The summed E-state index contributed by atoms with van der Waals surface area (Å²) in [6.07, 6.45) is 4.31. The zero-order valence-electron chi connectivity index (χ0n) is 11.6. The van der Waals surface area contributed by atoms with Gasteiger partial charge in [-0.1, -0.05) is 13.3 Å². The Hall–Kier alpha value is -1.63. The van der Waals surface area contributed by atoms with E-state index in [1.54, 1.807) is 11.7 Å². The molecule has 0 bridgehead atoms. The van der Waals surface area contributed by atoms with Gasteiger partial charge in [-0.25, -0.2) is 4.79 Å². The molecule has 2 amide bonds. The molecule has 0 aliphatic carbocycles. The average molecular weight is 299 g/mol. The second kappa shape index (κ2) is 9.30. The molecule has 7 heteroatoms. The van der Waals surface area contributed by atoms with Crippen LogP contribution in [0.4, 0.5) is 4.79 Å². The summed E-state index contributed by atoms with van der Waals surface area (Å²) >= 11 is 1.50. The number of aromatic nitrogens is 1. The van der Waals surface area contributed by atoms with Crippen LogP contribution < -0.4 is 10.6 Å². The van der Waals surface area contributed by atoms with Gasteiger partial charge in [0.2, 0.25) is 0 Å². The summed E-state index contributed by atoms with van der Waals surface area (Å²) in [5.41, 5.74) is 1.73. The largest absolute Gasteiger partial charge is 0.481 e. The van der Waals surface area contributed by atoms with E-state index < -0.39 is 5.97 Å². The van der Waals surface area contributed by atoms with Crippen molar-refractivity contribution >= 4 is 23.3 Å². The molecule has 1 heterocycles. The van der Waals surface area contributed by atoms with Crippen LogP contribution in [0.15, 0.2) is 11.7 Å². The molecule has 1 unspecified atom stereocenters. The molecule has 0 aliphatic rings. The Bertz CT molecular complexity index is 409. The molecule has 0 saturated carbocycles. The van der Waals surface area contributed by atoms with Gasteiger partial charge in [-0.3, -0.25) is 9.78 Å². The summed E-state index contributed by atoms with van der Waals surface area (Å²) in [6.45, 7) is 3.08. The second-order valence-corrected chi connectivity index (χ2v) is 5.54. The number of aliphatic carboxylic acids is 1. The van der Waals surface area contributed by atoms with Crippen molar-refractivity contribution in [3.8, 4) is 0 Å². The van der Waals surface area contributed by atoms with E-state index in [0.29, 0.717) is 25.4 Å². The second-order valence-electron chi connectivity index (χ2n) is 4.57. The summed E-state index contributed by atoms with van der Waals surface area (Å²) in [5.74, 6) is -0.424. The Morgan fingerprint density at radius 2 is 2.20 bits per heavy atom. The van der Waals surface area contributed by atoms with Crippen molar-refractivity contribution in [2.24, 2.45) is 5.92 Å². The molecule has 0 aromatic carbocycles. The van der Waals surface area contributed by atoms with E-state index in [9.17, 15) is 9.59 Å². The number of rotatable bonds is 9. The van der Waals surface area contributed by atoms with Crippen molar-refractivity contribution in [1.29, 1.82) is 0 Å². The third-order valence-corrected chi connectivity index (χ3v) is 3.87. The van der Waals surface area contributed by atoms with E-state index in [1.165, 1.54) is 11.3 Å². The molecule has 0 radical (unpaired) electrons. The van der Waals surface area contributed by atoms with E-state index in [0.717, 1.165) is 17.7 Å². The standard InChI is InChI=1S/C13H21N3O3S/c1-2-10(3-4-12(17)18)5-6-15-13(19)16-8-11-7-14-9-20-11/h7,9-10H,2-6,8H2,1H3,(H,17,18)(H2,15,16,19). The number of carboxylic acid groups (broad SMARTS) is 1. The molecule has 6 nitrogen and oxygen atoms in total. The fraction of sp³-hybridized carbons (Fsp3) is 0.615. The Morgan fingerprint density at radius 1 is 1.40 bits per heavy atom. The predicted molar refractivity (Wildman–Crippen MR) is 77.6 cm³/mol. The van der Waals surface area contributed by atoms with Crippen LogP contribution in [0.2, 0.25) is 0 Å². The Kier molecular flexibility index (Phi) is 7.64. The van der Waals surface area contributed by atoms with Crippen LogP contribution in [0.5, 0.6) is 0 Å². The van der Waals surface area contributed by atoms with E-state index >= 15 is 0 Å². The summed E-state index contributed by atoms with van der Waals surface area (Å²) in [4.78, 5) is 27.0. The van der Waals surface area contributed by atoms with Gasteiger partial charge in [0.05, 0.1) is 12.1 Å². The van der Waals surface area contributed by atoms with Gasteiger partial charge in [0.1, 0.15) is 0 Å². The highest BCUT2D eigenvalue weighted by atomic mass is 32.1. The molecule has 3 N–H and O–H groups in total. The molecule has 112 valence electrons. The highest BCUT2D eigenvalue weighted by Crippen LogP contribution is 2.14. The lowest BCUT2D eigenvalue weighted by molar-refractivity contribution is -0.137. The van der Waals surface area contributed by atoms with Gasteiger partial charge in [-0.15, -0.1) is 11.3 Å². The number of nitrogens with one attached hydrogen (secondary N) is 2. The lowest BCUT2D eigenvalue weighted by Gasteiger charge is -2.14. The third kappa shape index (κ3) is 7.08. The number of hydrogen-bond donors (Lipinski definition) is 3. The number of thiazole rings is 1. The van der Waals surface area contributed by atoms with Crippen molar-refractivity contribution in [2.45, 2.75) is 39.2 Å². The molecule has 20 heavy (non-hydrogen) atoms. The lowest BCUT2D eigenvalue weighted by Crippen LogP contribution is -2.36. The van der Waals surface area contributed by atoms with Crippen molar-refractivity contribution in [1.82, 2.24) is 15.6 Å². The maximum absolute atomic E-state index is 11.5. The van der Waals surface area contributed by atoms with Crippen LogP contribution >= 0.6 is 11.3 Å². The number of hydrogen-bond acceptors (Lipinski definition) is 4. The minimum Gasteiger partial charge on any atom is -0.481 e. The van der Waals surface area contributed by atoms with E-state index in [4.69, 9.17) is 5.11 Å². The first kappa shape index (κ1) is 16.4. The van der Waals surface area contributed by atoms with Crippen LogP contribution in [-0.2, 0) is 11.3 Å². The van der Waals surface area contributed by atoms with E-state index in [-0.39, 0.29) is 12.5 Å². The Balaban J connectivity index is 2.11. The van der Waals surface area contributed by atoms with Crippen molar-refractivity contribution in [3.63, 3.8) is 0 Å². The zero-order chi connectivity index (χ0) is 14.8. The maximum atomic E-state index is 11.5. The minimum atomic E-state index is -0.765. The van der Waals surface area contributed by atoms with Crippen LogP contribution in [0.3, 0.4) is 0 Å². The summed E-state index contributed by atoms with van der Waals surface area (Å²) in [5, 5.41) is 14.2. The Labute approximate surface area is 122 Å². The molecule has 0 aliphatic heterocycles. The van der Waals surface area contributed by atoms with Crippen LogP contribution in [0.1, 0.15) is 37.5 Å². The number of urea groups is 1. The molecular weight excluding hydrogens is 278 g/mol. The van der Waals surface area contributed by atoms with Gasteiger partial charge in [0.25, 0.3) is 0 Å². The molecule has 1 rings (SSSR count). The minimum absolute atomic E-state index is 0.191. The zero-order valence-corrected chi connectivity index (χ0v) is 12.4. The number of carbonyl (C=O) groups excluding carboxylic acids is 1. The maximum Gasteiger partial charge on any atom is 0.315 e. The van der Waals surface area contributed by atoms with E-state index in [2.05, 4.69) is 15.6 Å². The number of amides is 2. The first-order chi connectivity index (χ1) is 9.61. The summed E-state index contributed by atoms with van der Waals surface area (Å²) in [6, 6.07) is -0.202. The Morgan fingerprint density at radius 3 is 2.80 bits per heavy atom. The van der Waals surface area contributed by atoms with E-state index in [1.807, 2.05) is 6.92 Å². The fourth-order valence-corrected chi connectivity index (χ4v) is 2.36. The fourth-order valence-electron chi connectivity index (χ4n) is 1.83. The first-order valence-corrected chi connectivity index (χ1v) is 7.60. The van der Waals surface area contributed by atoms with Crippen molar-refractivity contribution in [3.05, 3.63) is 16.6 Å². The molecule has 0 saturated heterocycles. The topological polar surface area (TPSA) is 91.3 Å². The van der Waals surface area contributed by atoms with Gasteiger partial charge >= 0.3 is 12.0 Å². The normalized spacial score (nSPS) is 11.8. The third-order valence-electron chi connectivity index (χ3n) is 3.09. The molecule has 1 aromatic heterocycles. The SMILES string of the molecule is CCC(CCNC(=O)NCc1cncs1)CCC(=O)O. The molecular formula is C13H21N3O3S. The molecule has 1 atom stereocenters. The lowest BCUT2D eigenvalue weighted by atomic mass is 9.97. The van der Waals surface area contributed by atoms with Crippen LogP contribution in [0, 0.1) is 5.92 Å². The first-order valence-electron chi connectivity index (χ1n) is 6.72. The van der Waals surface area contributed by atoms with Gasteiger partial charge in [-0.2, -0.15) is 0 Å². The highest BCUT2D eigenvalue weighted by Gasteiger charge is 2.09. The van der Waals surface area contributed by atoms with Crippen LogP contribution in [-0.4, -0.2) is 28.6 Å². The van der Waals surface area contributed by atoms with Crippen LogP contribution in [0.25, 0.3) is 0 Å². The molecule has 0 fully saturated rings. The van der Waals surface area contributed by atoms with Gasteiger partial charge < -0.3 is 15.7 Å². The highest BCUT2D eigenvalue weighted by molar-refractivity contribution is 7.09. The number of carboxylic acids is 1.